The first kappa shape index (κ1) is 19.5. The second-order valence-corrected chi connectivity index (χ2v) is 8.08. The molecule has 4 rings (SSSR count). The Labute approximate surface area is 172 Å². The van der Waals surface area contributed by atoms with Crippen LogP contribution in [0.15, 0.2) is 54.6 Å². The highest BCUT2D eigenvalue weighted by Gasteiger charge is 2.35. The van der Waals surface area contributed by atoms with Gasteiger partial charge in [0.25, 0.3) is 5.91 Å². The zero-order valence-corrected chi connectivity index (χ0v) is 16.9. The standard InChI is InChI=1S/C24H29N3O2/c1-2-21(17-7-4-3-5-8-17)22-9-6-16-27(22)23(28)18-10-12-19(13-11-18)25-24(29)26-20-14-15-20/h3-5,7-8,10-13,20-22H,2,6,9,14-16H2,1H3,(H2,25,26,29). The van der Waals surface area contributed by atoms with Crippen LogP contribution in [0, 0.1) is 0 Å². The van der Waals surface area contributed by atoms with E-state index < -0.39 is 0 Å². The Morgan fingerprint density at radius 3 is 2.41 bits per heavy atom. The van der Waals surface area contributed by atoms with Crippen LogP contribution in [0.3, 0.4) is 0 Å². The quantitative estimate of drug-likeness (QED) is 0.745. The number of carbonyl (C=O) groups excluding carboxylic acids is 2. The van der Waals surface area contributed by atoms with E-state index in [9.17, 15) is 9.59 Å². The van der Waals surface area contributed by atoms with Gasteiger partial charge in [-0.2, -0.15) is 0 Å². The molecule has 0 spiro atoms. The Kier molecular flexibility index (Phi) is 5.84. The van der Waals surface area contributed by atoms with Crippen LogP contribution in [0.4, 0.5) is 10.5 Å². The summed E-state index contributed by atoms with van der Waals surface area (Å²) in [6, 6.07) is 18.1. The summed E-state index contributed by atoms with van der Waals surface area (Å²) < 4.78 is 0. The van der Waals surface area contributed by atoms with E-state index in [-0.39, 0.29) is 18.0 Å². The fourth-order valence-electron chi connectivity index (χ4n) is 4.34. The number of rotatable bonds is 6. The number of benzene rings is 2. The van der Waals surface area contributed by atoms with Gasteiger partial charge in [-0.1, -0.05) is 37.3 Å². The van der Waals surface area contributed by atoms with E-state index in [0.29, 0.717) is 23.2 Å². The van der Waals surface area contributed by atoms with E-state index in [2.05, 4.69) is 41.8 Å². The zero-order chi connectivity index (χ0) is 20.2. The van der Waals surface area contributed by atoms with Crippen LogP contribution in [0.5, 0.6) is 0 Å². The summed E-state index contributed by atoms with van der Waals surface area (Å²) in [4.78, 5) is 27.1. The molecule has 1 heterocycles. The summed E-state index contributed by atoms with van der Waals surface area (Å²) in [7, 11) is 0. The van der Waals surface area contributed by atoms with E-state index >= 15 is 0 Å². The third-order valence-electron chi connectivity index (χ3n) is 5.99. The fraction of sp³-hybridized carbons (Fsp3) is 0.417. The van der Waals surface area contributed by atoms with Crippen molar-refractivity contribution in [2.24, 2.45) is 0 Å². The first-order chi connectivity index (χ1) is 14.2. The molecule has 0 aromatic heterocycles. The van der Waals surface area contributed by atoms with Gasteiger partial charge in [0.2, 0.25) is 0 Å². The summed E-state index contributed by atoms with van der Waals surface area (Å²) in [6.45, 7) is 3.00. The summed E-state index contributed by atoms with van der Waals surface area (Å²) >= 11 is 0. The molecule has 1 aliphatic heterocycles. The van der Waals surface area contributed by atoms with Crippen LogP contribution in [0.2, 0.25) is 0 Å². The first-order valence-electron chi connectivity index (χ1n) is 10.7. The number of urea groups is 1. The van der Waals surface area contributed by atoms with Gasteiger partial charge in [0, 0.05) is 35.8 Å². The second-order valence-electron chi connectivity index (χ2n) is 8.08. The Morgan fingerprint density at radius 1 is 1.03 bits per heavy atom. The molecular weight excluding hydrogens is 362 g/mol. The van der Waals surface area contributed by atoms with Crippen molar-refractivity contribution in [1.82, 2.24) is 10.2 Å². The van der Waals surface area contributed by atoms with E-state index in [1.807, 2.05) is 23.1 Å². The maximum Gasteiger partial charge on any atom is 0.319 e. The van der Waals surface area contributed by atoms with Gasteiger partial charge in [0.15, 0.2) is 0 Å². The molecule has 2 aromatic rings. The Bertz CT molecular complexity index is 846. The molecule has 1 aliphatic carbocycles. The molecule has 2 N–H and O–H groups in total. The van der Waals surface area contributed by atoms with Crippen molar-refractivity contribution < 1.29 is 9.59 Å². The normalized spacial score (nSPS) is 19.6. The van der Waals surface area contributed by atoms with E-state index in [1.165, 1.54) is 5.56 Å². The highest BCUT2D eigenvalue weighted by Crippen LogP contribution is 2.34. The molecule has 2 aliphatic rings. The van der Waals surface area contributed by atoms with Crippen molar-refractivity contribution >= 4 is 17.6 Å². The Balaban J connectivity index is 1.44. The number of amides is 3. The minimum Gasteiger partial charge on any atom is -0.335 e. The fourth-order valence-corrected chi connectivity index (χ4v) is 4.34. The number of hydrogen-bond donors (Lipinski definition) is 2. The van der Waals surface area contributed by atoms with Crippen molar-refractivity contribution in [1.29, 1.82) is 0 Å². The van der Waals surface area contributed by atoms with Crippen molar-refractivity contribution in [3.8, 4) is 0 Å². The van der Waals surface area contributed by atoms with E-state index in [0.717, 1.165) is 38.6 Å². The topological polar surface area (TPSA) is 61.4 Å². The van der Waals surface area contributed by atoms with Gasteiger partial charge in [-0.3, -0.25) is 4.79 Å². The molecule has 3 amide bonds. The average molecular weight is 392 g/mol. The number of likely N-dealkylation sites (tertiary alicyclic amines) is 1. The predicted molar refractivity (Wildman–Crippen MR) is 115 cm³/mol. The summed E-state index contributed by atoms with van der Waals surface area (Å²) in [5.74, 6) is 0.436. The highest BCUT2D eigenvalue weighted by molar-refractivity contribution is 5.96. The number of carbonyl (C=O) groups is 2. The van der Waals surface area contributed by atoms with Gasteiger partial charge in [-0.05, 0) is 61.9 Å². The largest absolute Gasteiger partial charge is 0.335 e. The predicted octanol–water partition coefficient (Wildman–Crippen LogP) is 4.77. The molecule has 0 radical (unpaired) electrons. The maximum atomic E-state index is 13.2. The van der Waals surface area contributed by atoms with Crippen molar-refractivity contribution in [2.45, 2.75) is 57.0 Å². The summed E-state index contributed by atoms with van der Waals surface area (Å²) in [5.41, 5.74) is 2.68. The molecule has 2 atom stereocenters. The van der Waals surface area contributed by atoms with E-state index in [1.54, 1.807) is 12.1 Å². The van der Waals surface area contributed by atoms with Gasteiger partial charge < -0.3 is 15.5 Å². The van der Waals surface area contributed by atoms with Crippen LogP contribution in [-0.2, 0) is 0 Å². The van der Waals surface area contributed by atoms with Crippen LogP contribution in [0.25, 0.3) is 0 Å². The number of anilines is 1. The molecular formula is C24H29N3O2. The lowest BCUT2D eigenvalue weighted by atomic mass is 9.87. The molecule has 5 heteroatoms. The van der Waals surface area contributed by atoms with Crippen LogP contribution in [-0.4, -0.2) is 35.5 Å². The molecule has 2 aromatic carbocycles. The lowest BCUT2D eigenvalue weighted by Gasteiger charge is -2.32. The van der Waals surface area contributed by atoms with E-state index in [4.69, 9.17) is 0 Å². The van der Waals surface area contributed by atoms with Crippen LogP contribution >= 0.6 is 0 Å². The monoisotopic (exact) mass is 391 g/mol. The molecule has 2 fully saturated rings. The number of hydrogen-bond acceptors (Lipinski definition) is 2. The first-order valence-corrected chi connectivity index (χ1v) is 10.7. The lowest BCUT2D eigenvalue weighted by Crippen LogP contribution is -2.39. The maximum absolute atomic E-state index is 13.2. The summed E-state index contributed by atoms with van der Waals surface area (Å²) in [6.07, 6.45) is 5.21. The highest BCUT2D eigenvalue weighted by atomic mass is 16.2. The Morgan fingerprint density at radius 2 is 1.76 bits per heavy atom. The lowest BCUT2D eigenvalue weighted by molar-refractivity contribution is 0.0714. The number of nitrogens with zero attached hydrogens (tertiary/aromatic N) is 1. The molecule has 152 valence electrons. The van der Waals surface area contributed by atoms with Crippen molar-refractivity contribution in [2.75, 3.05) is 11.9 Å². The van der Waals surface area contributed by atoms with Crippen LogP contribution < -0.4 is 10.6 Å². The third kappa shape index (κ3) is 4.61. The Hall–Kier alpha value is -2.82. The van der Waals surface area contributed by atoms with Crippen molar-refractivity contribution in [3.63, 3.8) is 0 Å². The molecule has 0 bridgehead atoms. The third-order valence-corrected chi connectivity index (χ3v) is 5.99. The summed E-state index contributed by atoms with van der Waals surface area (Å²) in [5, 5.41) is 5.73. The molecule has 1 saturated carbocycles. The molecule has 1 saturated heterocycles. The number of nitrogens with one attached hydrogen (secondary N) is 2. The van der Waals surface area contributed by atoms with Crippen molar-refractivity contribution in [3.05, 3.63) is 65.7 Å². The van der Waals surface area contributed by atoms with Gasteiger partial charge in [0.05, 0.1) is 0 Å². The van der Waals surface area contributed by atoms with Gasteiger partial charge in [-0.25, -0.2) is 4.79 Å². The van der Waals surface area contributed by atoms with Gasteiger partial charge in [-0.15, -0.1) is 0 Å². The minimum absolute atomic E-state index is 0.0795. The SMILES string of the molecule is CCC(c1ccccc1)C1CCCN1C(=O)c1ccc(NC(=O)NC2CC2)cc1. The van der Waals surface area contributed by atoms with Crippen LogP contribution in [0.1, 0.15) is 60.9 Å². The average Bonchev–Trinajstić information content (AvgIpc) is 3.42. The molecule has 5 nitrogen and oxygen atoms in total. The zero-order valence-electron chi connectivity index (χ0n) is 16.9. The second kappa shape index (κ2) is 8.68. The smallest absolute Gasteiger partial charge is 0.319 e. The minimum atomic E-state index is -0.181. The molecule has 2 unspecified atom stereocenters. The van der Waals surface area contributed by atoms with Gasteiger partial charge >= 0.3 is 6.03 Å². The van der Waals surface area contributed by atoms with Gasteiger partial charge in [0.1, 0.15) is 0 Å². The molecule has 29 heavy (non-hydrogen) atoms.